The van der Waals surface area contributed by atoms with Crippen molar-refractivity contribution in [2.45, 2.75) is 19.4 Å². The first-order valence-electron chi connectivity index (χ1n) is 7.91. The summed E-state index contributed by atoms with van der Waals surface area (Å²) in [4.78, 5) is 37.8. The lowest BCUT2D eigenvalue weighted by atomic mass is 10.1. The number of aromatic nitrogens is 2. The molecule has 126 valence electrons. The molecular weight excluding hydrogens is 310 g/mol. The normalized spacial score (nSPS) is 17.0. The third kappa shape index (κ3) is 3.08. The minimum Gasteiger partial charge on any atom is -0.346 e. The maximum Gasteiger partial charge on any atom is 0.317 e. The molecule has 1 aromatic heterocycles. The molecule has 2 aromatic rings. The lowest BCUT2D eigenvalue weighted by Crippen LogP contribution is -2.42. The summed E-state index contributed by atoms with van der Waals surface area (Å²) in [6.07, 6.45) is 0.685. The quantitative estimate of drug-likeness (QED) is 0.760. The van der Waals surface area contributed by atoms with E-state index in [1.54, 1.807) is 29.2 Å². The molecule has 0 spiro atoms. The molecule has 1 aliphatic rings. The van der Waals surface area contributed by atoms with Gasteiger partial charge in [0, 0.05) is 31.1 Å². The van der Waals surface area contributed by atoms with E-state index < -0.39 is 0 Å². The van der Waals surface area contributed by atoms with Gasteiger partial charge in [-0.2, -0.15) is 5.10 Å². The van der Waals surface area contributed by atoms with E-state index in [0.717, 1.165) is 0 Å². The number of hydrogen-bond donors (Lipinski definition) is 3. The highest BCUT2D eigenvalue weighted by molar-refractivity contribution is 6.04. The predicted octanol–water partition coefficient (Wildman–Crippen LogP) is 0.457. The number of rotatable bonds is 3. The van der Waals surface area contributed by atoms with Crippen molar-refractivity contribution in [3.63, 3.8) is 0 Å². The Hall–Kier alpha value is -2.90. The van der Waals surface area contributed by atoms with Crippen LogP contribution < -0.4 is 16.2 Å². The van der Waals surface area contributed by atoms with Crippen LogP contribution in [0.5, 0.6) is 0 Å². The molecule has 1 saturated heterocycles. The molecule has 0 saturated carbocycles. The van der Waals surface area contributed by atoms with Crippen molar-refractivity contribution in [1.29, 1.82) is 0 Å². The number of carbonyl (C=O) groups excluding carboxylic acids is 2. The summed E-state index contributed by atoms with van der Waals surface area (Å²) in [5.74, 6) is -0.356. The molecule has 1 aromatic carbocycles. The third-order valence-electron chi connectivity index (χ3n) is 4.05. The van der Waals surface area contributed by atoms with E-state index in [1.165, 1.54) is 0 Å². The second-order valence-electron chi connectivity index (χ2n) is 5.69. The van der Waals surface area contributed by atoms with Gasteiger partial charge in [0.1, 0.15) is 0 Å². The Labute approximate surface area is 138 Å². The number of hydrogen-bond acceptors (Lipinski definition) is 4. The number of nitrogens with one attached hydrogen (secondary N) is 3. The van der Waals surface area contributed by atoms with Gasteiger partial charge in [-0.3, -0.25) is 9.59 Å². The lowest BCUT2D eigenvalue weighted by molar-refractivity contribution is 0.0933. The number of carbonyl (C=O) groups is 2. The molecule has 1 unspecified atom stereocenters. The van der Waals surface area contributed by atoms with Crippen molar-refractivity contribution in [2.24, 2.45) is 0 Å². The Kier molecular flexibility index (Phi) is 4.45. The third-order valence-corrected chi connectivity index (χ3v) is 4.05. The minimum atomic E-state index is -0.356. The number of H-pyrrole nitrogens is 1. The van der Waals surface area contributed by atoms with Crippen molar-refractivity contribution in [3.05, 3.63) is 40.3 Å². The fourth-order valence-electron chi connectivity index (χ4n) is 2.87. The molecule has 0 aliphatic carbocycles. The van der Waals surface area contributed by atoms with Gasteiger partial charge in [0.2, 0.25) is 0 Å². The summed E-state index contributed by atoms with van der Waals surface area (Å²) < 4.78 is 0. The maximum atomic E-state index is 12.5. The van der Waals surface area contributed by atoms with E-state index in [2.05, 4.69) is 20.8 Å². The van der Waals surface area contributed by atoms with Crippen LogP contribution in [0.15, 0.2) is 29.1 Å². The molecule has 1 fully saturated rings. The number of aromatic amines is 1. The number of nitrogens with zero attached hydrogens (tertiary/aromatic N) is 2. The Morgan fingerprint density at radius 2 is 2.08 bits per heavy atom. The fourth-order valence-corrected chi connectivity index (χ4v) is 2.87. The number of benzene rings is 1. The van der Waals surface area contributed by atoms with Gasteiger partial charge in [-0.15, -0.1) is 0 Å². The minimum absolute atomic E-state index is 0.123. The zero-order valence-electron chi connectivity index (χ0n) is 13.3. The SMILES string of the molecule is CCNC(=O)N1CCC(NC(=O)c2n[nH]c(=O)c3ccccc23)C1. The zero-order chi connectivity index (χ0) is 17.1. The maximum absolute atomic E-state index is 12.5. The van der Waals surface area contributed by atoms with E-state index in [4.69, 9.17) is 0 Å². The van der Waals surface area contributed by atoms with E-state index >= 15 is 0 Å². The Balaban J connectivity index is 1.74. The standard InChI is InChI=1S/C16H19N5O3/c1-2-17-16(24)21-8-7-10(9-21)18-15(23)13-11-5-3-4-6-12(11)14(22)20-19-13/h3-6,10H,2,7-9H2,1H3,(H,17,24)(H,18,23)(H,20,22). The summed E-state index contributed by atoms with van der Waals surface area (Å²) in [5, 5.41) is 12.8. The number of likely N-dealkylation sites (tertiary alicyclic amines) is 1. The Morgan fingerprint density at radius 1 is 1.33 bits per heavy atom. The average molecular weight is 329 g/mol. The summed E-state index contributed by atoms with van der Waals surface area (Å²) in [7, 11) is 0. The van der Waals surface area contributed by atoms with E-state index in [0.29, 0.717) is 36.8 Å². The van der Waals surface area contributed by atoms with Crippen molar-refractivity contribution < 1.29 is 9.59 Å². The van der Waals surface area contributed by atoms with Gasteiger partial charge < -0.3 is 15.5 Å². The number of amides is 3. The van der Waals surface area contributed by atoms with Crippen molar-refractivity contribution in [2.75, 3.05) is 19.6 Å². The molecule has 8 heteroatoms. The van der Waals surface area contributed by atoms with Crippen LogP contribution in [-0.4, -0.2) is 52.7 Å². The number of fused-ring (bicyclic) bond motifs is 1. The summed E-state index contributed by atoms with van der Waals surface area (Å²) in [6, 6.07) is 6.59. The van der Waals surface area contributed by atoms with Crippen LogP contribution in [0.4, 0.5) is 4.79 Å². The van der Waals surface area contributed by atoms with E-state index in [1.807, 2.05) is 6.92 Å². The smallest absolute Gasteiger partial charge is 0.317 e. The van der Waals surface area contributed by atoms with Gasteiger partial charge in [-0.1, -0.05) is 18.2 Å². The first-order valence-corrected chi connectivity index (χ1v) is 7.91. The second kappa shape index (κ2) is 6.69. The van der Waals surface area contributed by atoms with Crippen LogP contribution in [0, 0.1) is 0 Å². The Morgan fingerprint density at radius 3 is 2.83 bits per heavy atom. The summed E-state index contributed by atoms with van der Waals surface area (Å²) in [6.45, 7) is 3.48. The van der Waals surface area contributed by atoms with Gasteiger partial charge in [-0.25, -0.2) is 9.89 Å². The highest BCUT2D eigenvalue weighted by Gasteiger charge is 2.28. The molecule has 24 heavy (non-hydrogen) atoms. The van der Waals surface area contributed by atoms with Gasteiger partial charge in [0.05, 0.1) is 5.39 Å². The molecule has 2 heterocycles. The van der Waals surface area contributed by atoms with Gasteiger partial charge >= 0.3 is 6.03 Å². The highest BCUT2D eigenvalue weighted by Crippen LogP contribution is 2.14. The van der Waals surface area contributed by atoms with Gasteiger partial charge in [-0.05, 0) is 19.4 Å². The van der Waals surface area contributed by atoms with Gasteiger partial charge in [0.15, 0.2) is 5.69 Å². The van der Waals surface area contributed by atoms with Crippen LogP contribution in [0.1, 0.15) is 23.8 Å². The van der Waals surface area contributed by atoms with Crippen LogP contribution in [0.25, 0.3) is 10.8 Å². The monoisotopic (exact) mass is 329 g/mol. The van der Waals surface area contributed by atoms with E-state index in [-0.39, 0.29) is 29.2 Å². The first-order chi connectivity index (χ1) is 11.6. The molecule has 3 amide bonds. The zero-order valence-corrected chi connectivity index (χ0v) is 13.3. The van der Waals surface area contributed by atoms with Crippen molar-refractivity contribution >= 4 is 22.7 Å². The molecule has 1 atom stereocenters. The van der Waals surface area contributed by atoms with E-state index in [9.17, 15) is 14.4 Å². The van der Waals surface area contributed by atoms with Crippen LogP contribution in [-0.2, 0) is 0 Å². The predicted molar refractivity (Wildman–Crippen MR) is 88.9 cm³/mol. The largest absolute Gasteiger partial charge is 0.346 e. The topological polar surface area (TPSA) is 107 Å². The summed E-state index contributed by atoms with van der Waals surface area (Å²) >= 11 is 0. The molecule has 0 bridgehead atoms. The van der Waals surface area contributed by atoms with Crippen LogP contribution in [0.3, 0.4) is 0 Å². The lowest BCUT2D eigenvalue weighted by Gasteiger charge is -2.17. The molecule has 8 nitrogen and oxygen atoms in total. The van der Waals surface area contributed by atoms with Crippen LogP contribution in [0.2, 0.25) is 0 Å². The molecule has 3 rings (SSSR count). The molecule has 3 N–H and O–H groups in total. The second-order valence-corrected chi connectivity index (χ2v) is 5.69. The fraction of sp³-hybridized carbons (Fsp3) is 0.375. The van der Waals surface area contributed by atoms with Gasteiger partial charge in [0.25, 0.3) is 11.5 Å². The highest BCUT2D eigenvalue weighted by atomic mass is 16.2. The molecule has 0 radical (unpaired) electrons. The van der Waals surface area contributed by atoms with Crippen LogP contribution >= 0.6 is 0 Å². The summed E-state index contributed by atoms with van der Waals surface area (Å²) in [5.41, 5.74) is -0.146. The number of urea groups is 1. The molecule has 1 aliphatic heterocycles. The average Bonchev–Trinajstić information content (AvgIpc) is 3.04. The Bertz CT molecular complexity index is 832. The molecular formula is C16H19N5O3. The first kappa shape index (κ1) is 16.0. The van der Waals surface area contributed by atoms with Crippen molar-refractivity contribution in [3.8, 4) is 0 Å². The van der Waals surface area contributed by atoms with Crippen molar-refractivity contribution in [1.82, 2.24) is 25.7 Å².